The summed E-state index contributed by atoms with van der Waals surface area (Å²) in [5, 5.41) is 19.5. The van der Waals surface area contributed by atoms with Gasteiger partial charge in [-0.25, -0.2) is 4.39 Å². The summed E-state index contributed by atoms with van der Waals surface area (Å²) in [6.07, 6.45) is -2.13. The smallest absolute Gasteiger partial charge is 0.417 e. The Morgan fingerprint density at radius 2 is 1.72 bits per heavy atom. The van der Waals surface area contributed by atoms with Crippen LogP contribution in [0.25, 0.3) is 11.3 Å². The number of benzene rings is 2. The molecule has 0 radical (unpaired) electrons. The number of β-amino-alcohol motifs (C(OH)–C–C–N with tert-alkyl or cyclic N) is 1. The van der Waals surface area contributed by atoms with Crippen LogP contribution < -0.4 is 10.1 Å². The van der Waals surface area contributed by atoms with Crippen LogP contribution in [-0.4, -0.2) is 95.6 Å². The number of nitrogens with one attached hydrogen (secondary N) is 1. The summed E-state index contributed by atoms with van der Waals surface area (Å²) in [7, 11) is 1.67. The van der Waals surface area contributed by atoms with Gasteiger partial charge in [-0.3, -0.25) is 4.68 Å². The van der Waals surface area contributed by atoms with Crippen molar-refractivity contribution >= 4 is 11.8 Å². The van der Waals surface area contributed by atoms with E-state index in [9.17, 15) is 22.7 Å². The maximum atomic E-state index is 14.0. The van der Waals surface area contributed by atoms with Crippen LogP contribution in [-0.2, 0) is 25.7 Å². The highest BCUT2D eigenvalue weighted by molar-refractivity contribution is 7.99. The third-order valence-corrected chi connectivity index (χ3v) is 10.8. The number of aliphatic hydroxyl groups excluding tert-OH is 1. The van der Waals surface area contributed by atoms with Gasteiger partial charge in [0.2, 0.25) is 0 Å². The molecule has 0 aliphatic carbocycles. The van der Waals surface area contributed by atoms with Gasteiger partial charge in [0.05, 0.1) is 31.0 Å². The minimum Gasteiger partial charge on any atom is -0.497 e. The molecule has 7 nitrogen and oxygen atoms in total. The molecule has 1 atom stereocenters. The Balaban J connectivity index is 1.12. The van der Waals surface area contributed by atoms with E-state index in [0.717, 1.165) is 55.9 Å². The molecule has 256 valence electrons. The Bertz CT molecular complexity index is 1470. The van der Waals surface area contributed by atoms with E-state index in [-0.39, 0.29) is 4.90 Å². The van der Waals surface area contributed by atoms with Crippen molar-refractivity contribution in [2.75, 3.05) is 58.7 Å². The first kappa shape index (κ1) is 34.2. The van der Waals surface area contributed by atoms with E-state index in [4.69, 9.17) is 9.84 Å². The van der Waals surface area contributed by atoms with E-state index in [1.165, 1.54) is 29.5 Å². The molecule has 0 spiro atoms. The van der Waals surface area contributed by atoms with Crippen LogP contribution in [0.2, 0.25) is 0 Å². The number of halogens is 4. The SMILES string of the molecule is COc1ccc(C2CCN(C[C@H](O)Cn3nc(-c4ccc(C(F)(F)F)c(SCCN5CCC(F)CC5)c4)c4c3CCNC4)CC2)cc1. The number of alkyl halides is 4. The summed E-state index contributed by atoms with van der Waals surface area (Å²) in [5.74, 6) is 1.83. The molecule has 47 heavy (non-hydrogen) atoms. The van der Waals surface area contributed by atoms with E-state index in [0.29, 0.717) is 75.0 Å². The Morgan fingerprint density at radius 3 is 2.43 bits per heavy atom. The van der Waals surface area contributed by atoms with Crippen LogP contribution in [0.15, 0.2) is 47.4 Å². The zero-order valence-corrected chi connectivity index (χ0v) is 27.8. The maximum Gasteiger partial charge on any atom is 0.417 e. The molecular formula is C35H45F4N5O2S. The molecular weight excluding hydrogens is 630 g/mol. The lowest BCUT2D eigenvalue weighted by atomic mass is 9.89. The van der Waals surface area contributed by atoms with Crippen LogP contribution >= 0.6 is 11.8 Å². The summed E-state index contributed by atoms with van der Waals surface area (Å²) >= 11 is 1.19. The molecule has 3 aromatic rings. The fourth-order valence-electron chi connectivity index (χ4n) is 7.12. The lowest BCUT2D eigenvalue weighted by molar-refractivity contribution is -0.139. The van der Waals surface area contributed by atoms with Gasteiger partial charge >= 0.3 is 6.18 Å². The fraction of sp³-hybridized carbons (Fsp3) is 0.571. The van der Waals surface area contributed by atoms with Gasteiger partial charge in [-0.2, -0.15) is 18.3 Å². The third-order valence-electron chi connectivity index (χ3n) is 9.78. The van der Waals surface area contributed by atoms with Crippen molar-refractivity contribution in [1.82, 2.24) is 24.9 Å². The zero-order chi connectivity index (χ0) is 33.0. The van der Waals surface area contributed by atoms with Crippen LogP contribution in [0, 0.1) is 0 Å². The van der Waals surface area contributed by atoms with Gasteiger partial charge in [0.15, 0.2) is 0 Å². The summed E-state index contributed by atoms with van der Waals surface area (Å²) in [5.41, 5.74) is 3.99. The number of piperidine rings is 2. The van der Waals surface area contributed by atoms with Gasteiger partial charge in [0.1, 0.15) is 11.9 Å². The van der Waals surface area contributed by atoms with Crippen molar-refractivity contribution in [1.29, 1.82) is 0 Å². The van der Waals surface area contributed by atoms with E-state index in [1.807, 2.05) is 16.8 Å². The zero-order valence-electron chi connectivity index (χ0n) is 26.9. The number of methoxy groups -OCH3 is 1. The monoisotopic (exact) mass is 675 g/mol. The molecule has 2 fully saturated rings. The van der Waals surface area contributed by atoms with Gasteiger partial charge < -0.3 is 25.0 Å². The topological polar surface area (TPSA) is 65.8 Å². The molecule has 1 aromatic heterocycles. The molecule has 6 rings (SSSR count). The number of rotatable bonds is 11. The molecule has 0 amide bonds. The van der Waals surface area contributed by atoms with Crippen molar-refractivity contribution in [3.8, 4) is 17.0 Å². The van der Waals surface area contributed by atoms with Crippen molar-refractivity contribution in [3.05, 3.63) is 64.8 Å². The van der Waals surface area contributed by atoms with Crippen molar-refractivity contribution in [2.24, 2.45) is 0 Å². The van der Waals surface area contributed by atoms with Crippen LogP contribution in [0.5, 0.6) is 5.75 Å². The van der Waals surface area contributed by atoms with Crippen LogP contribution in [0.1, 0.15) is 54.0 Å². The minimum absolute atomic E-state index is 0.181. The lowest BCUT2D eigenvalue weighted by Crippen LogP contribution is -2.40. The second kappa shape index (κ2) is 15.3. The molecule has 12 heteroatoms. The average Bonchev–Trinajstić information content (AvgIpc) is 3.43. The van der Waals surface area contributed by atoms with Gasteiger partial charge in [0, 0.05) is 73.2 Å². The van der Waals surface area contributed by atoms with Crippen molar-refractivity contribution in [2.45, 2.75) is 74.5 Å². The Morgan fingerprint density at radius 1 is 1.00 bits per heavy atom. The second-order valence-electron chi connectivity index (χ2n) is 13.0. The first-order valence-electron chi connectivity index (χ1n) is 16.7. The molecule has 3 aliphatic heterocycles. The number of hydrogen-bond donors (Lipinski definition) is 2. The molecule has 3 aliphatic rings. The minimum atomic E-state index is -4.47. The average molecular weight is 676 g/mol. The molecule has 0 bridgehead atoms. The number of thioether (sulfide) groups is 1. The first-order chi connectivity index (χ1) is 22.7. The highest BCUT2D eigenvalue weighted by Crippen LogP contribution is 2.40. The third kappa shape index (κ3) is 8.51. The number of nitrogens with zero attached hydrogens (tertiary/aromatic N) is 4. The second-order valence-corrected chi connectivity index (χ2v) is 14.1. The maximum absolute atomic E-state index is 14.0. The molecule has 2 N–H and O–H groups in total. The molecule has 0 unspecified atom stereocenters. The van der Waals surface area contributed by atoms with E-state index in [2.05, 4.69) is 27.2 Å². The van der Waals surface area contributed by atoms with Gasteiger partial charge in [-0.05, 0) is 74.5 Å². The summed E-state index contributed by atoms with van der Waals surface area (Å²) in [6, 6.07) is 12.6. The van der Waals surface area contributed by atoms with Gasteiger partial charge in [-0.15, -0.1) is 11.8 Å². The molecule has 2 saturated heterocycles. The standard InChI is InChI=1S/C35H45F4N5O2S/c1-46-29-5-2-24(3-6-29)25-9-14-43(15-10-25)22-28(45)23-44-32-8-13-40-21-30(32)34(41-44)26-4-7-31(35(37,38)39)33(20-26)47-19-18-42-16-11-27(36)12-17-42/h2-7,20,25,27-28,40,45H,8-19,21-23H2,1H3/t28-/m0/s1. The first-order valence-corrected chi connectivity index (χ1v) is 17.7. The summed E-state index contributed by atoms with van der Waals surface area (Å²) in [4.78, 5) is 4.61. The fourth-order valence-corrected chi connectivity index (χ4v) is 8.24. The largest absolute Gasteiger partial charge is 0.497 e. The van der Waals surface area contributed by atoms with Gasteiger partial charge in [0.25, 0.3) is 0 Å². The number of aromatic nitrogens is 2. The number of fused-ring (bicyclic) bond motifs is 1. The summed E-state index contributed by atoms with van der Waals surface area (Å²) < 4.78 is 62.8. The van der Waals surface area contributed by atoms with Crippen LogP contribution in [0.3, 0.4) is 0 Å². The highest BCUT2D eigenvalue weighted by atomic mass is 32.2. The number of ether oxygens (including phenoxy) is 1. The van der Waals surface area contributed by atoms with Gasteiger partial charge in [-0.1, -0.05) is 18.2 Å². The Labute approximate surface area is 278 Å². The quantitative estimate of drug-likeness (QED) is 0.191. The van der Waals surface area contributed by atoms with E-state index < -0.39 is 24.0 Å². The number of hydrogen-bond acceptors (Lipinski definition) is 7. The Hall–Kier alpha value is -2.64. The van der Waals surface area contributed by atoms with E-state index in [1.54, 1.807) is 13.2 Å². The van der Waals surface area contributed by atoms with Crippen molar-refractivity contribution in [3.63, 3.8) is 0 Å². The predicted molar refractivity (Wildman–Crippen MR) is 177 cm³/mol. The molecule has 0 saturated carbocycles. The predicted octanol–water partition coefficient (Wildman–Crippen LogP) is 5.99. The normalized spacial score (nSPS) is 19.5. The van der Waals surface area contributed by atoms with Crippen LogP contribution in [0.4, 0.5) is 17.6 Å². The highest BCUT2D eigenvalue weighted by Gasteiger charge is 2.34. The summed E-state index contributed by atoms with van der Waals surface area (Å²) in [6.45, 7) is 5.93. The number of likely N-dealkylation sites (tertiary alicyclic amines) is 2. The Kier molecular flexibility index (Phi) is 11.1. The van der Waals surface area contributed by atoms with Crippen molar-refractivity contribution < 1.29 is 27.4 Å². The molecule has 4 heterocycles. The number of aliphatic hydroxyl groups is 1. The molecule has 2 aromatic carbocycles. The lowest BCUT2D eigenvalue weighted by Gasteiger charge is -2.33. The van der Waals surface area contributed by atoms with E-state index >= 15 is 0 Å².